The predicted octanol–water partition coefficient (Wildman–Crippen LogP) is 2.95. The molecule has 1 saturated heterocycles. The molecule has 1 heterocycles. The lowest BCUT2D eigenvalue weighted by molar-refractivity contribution is -0.126. The van der Waals surface area contributed by atoms with Crippen LogP contribution in [0.2, 0.25) is 0 Å². The molecule has 0 radical (unpaired) electrons. The summed E-state index contributed by atoms with van der Waals surface area (Å²) >= 11 is 0. The molecule has 160 valence electrons. The first-order valence-electron chi connectivity index (χ1n) is 9.99. The number of anilines is 1. The van der Waals surface area contributed by atoms with Gasteiger partial charge >= 0.3 is 0 Å². The highest BCUT2D eigenvalue weighted by Crippen LogP contribution is 2.31. The zero-order chi connectivity index (χ0) is 21.5. The number of nitrogens with zero attached hydrogens (tertiary/aromatic N) is 1. The van der Waals surface area contributed by atoms with E-state index in [2.05, 4.69) is 5.32 Å². The molecule has 0 aromatic heterocycles. The van der Waals surface area contributed by atoms with Gasteiger partial charge in [0.05, 0.1) is 25.7 Å². The third-order valence-electron chi connectivity index (χ3n) is 5.16. The summed E-state index contributed by atoms with van der Waals surface area (Å²) in [5.74, 6) is 0.674. The Bertz CT molecular complexity index is 871. The maximum absolute atomic E-state index is 12.8. The summed E-state index contributed by atoms with van der Waals surface area (Å²) in [4.78, 5) is 26.8. The van der Waals surface area contributed by atoms with Crippen LogP contribution in [0.25, 0.3) is 0 Å². The molecule has 7 nitrogen and oxygen atoms in total. The molecule has 0 saturated carbocycles. The molecule has 0 bridgehead atoms. The molecule has 1 aliphatic rings. The summed E-state index contributed by atoms with van der Waals surface area (Å²) in [5, 5.41) is 3.02. The number of amides is 2. The molecule has 0 aliphatic carbocycles. The van der Waals surface area contributed by atoms with Crippen molar-refractivity contribution in [3.63, 3.8) is 0 Å². The second kappa shape index (κ2) is 10.1. The topological polar surface area (TPSA) is 77.1 Å². The first-order chi connectivity index (χ1) is 14.5. The number of hydrogen-bond acceptors (Lipinski definition) is 5. The van der Waals surface area contributed by atoms with Crippen LogP contribution in [0.15, 0.2) is 48.5 Å². The molecule has 0 spiro atoms. The van der Waals surface area contributed by atoms with Crippen LogP contribution >= 0.6 is 0 Å². The van der Waals surface area contributed by atoms with Crippen molar-refractivity contribution >= 4 is 17.5 Å². The maximum atomic E-state index is 12.8. The largest absolute Gasteiger partial charge is 0.493 e. The van der Waals surface area contributed by atoms with Gasteiger partial charge in [-0.25, -0.2) is 0 Å². The third kappa shape index (κ3) is 5.10. The van der Waals surface area contributed by atoms with Crippen molar-refractivity contribution in [3.8, 4) is 11.5 Å². The Balaban J connectivity index is 1.62. The highest BCUT2D eigenvalue weighted by Gasteiger charge is 2.35. The fourth-order valence-corrected chi connectivity index (χ4v) is 3.46. The number of rotatable bonds is 9. The van der Waals surface area contributed by atoms with Gasteiger partial charge in [-0.1, -0.05) is 24.3 Å². The van der Waals surface area contributed by atoms with Crippen molar-refractivity contribution in [2.75, 3.05) is 38.9 Å². The molecule has 30 heavy (non-hydrogen) atoms. The van der Waals surface area contributed by atoms with E-state index < -0.39 is 0 Å². The Morgan fingerprint density at radius 3 is 2.60 bits per heavy atom. The van der Waals surface area contributed by atoms with Gasteiger partial charge < -0.3 is 24.4 Å². The maximum Gasteiger partial charge on any atom is 0.227 e. The van der Waals surface area contributed by atoms with E-state index in [0.717, 1.165) is 11.3 Å². The van der Waals surface area contributed by atoms with E-state index in [1.165, 1.54) is 0 Å². The minimum absolute atomic E-state index is 0.0340. The number of para-hydroxylation sites is 1. The Morgan fingerprint density at radius 2 is 1.90 bits per heavy atom. The number of carbonyl (C=O) groups is 2. The Labute approximate surface area is 176 Å². The van der Waals surface area contributed by atoms with Gasteiger partial charge in [-0.3, -0.25) is 9.59 Å². The predicted molar refractivity (Wildman–Crippen MR) is 114 cm³/mol. The molecular formula is C23H28N2O5. The average molecular weight is 412 g/mol. The van der Waals surface area contributed by atoms with Crippen LogP contribution < -0.4 is 19.7 Å². The Hall–Kier alpha value is -3.06. The van der Waals surface area contributed by atoms with Crippen LogP contribution in [0.4, 0.5) is 5.69 Å². The SMILES string of the molecule is COCCOc1ccc([C@@H](C)NC(=O)[C@@H]2CC(=O)N(c3ccccc3)C2)cc1OC. The number of hydrogen-bond donors (Lipinski definition) is 1. The zero-order valence-electron chi connectivity index (χ0n) is 17.6. The van der Waals surface area contributed by atoms with Crippen LogP contribution in [-0.4, -0.2) is 45.8 Å². The van der Waals surface area contributed by atoms with Crippen molar-refractivity contribution in [1.82, 2.24) is 5.32 Å². The van der Waals surface area contributed by atoms with Gasteiger partial charge in [0.2, 0.25) is 11.8 Å². The molecule has 0 unspecified atom stereocenters. The van der Waals surface area contributed by atoms with Crippen molar-refractivity contribution in [3.05, 3.63) is 54.1 Å². The van der Waals surface area contributed by atoms with Gasteiger partial charge in [-0.2, -0.15) is 0 Å². The zero-order valence-corrected chi connectivity index (χ0v) is 17.6. The van der Waals surface area contributed by atoms with Crippen LogP contribution in [0.3, 0.4) is 0 Å². The van der Waals surface area contributed by atoms with E-state index in [1.54, 1.807) is 19.1 Å². The molecular weight excluding hydrogens is 384 g/mol. The van der Waals surface area contributed by atoms with Gasteiger partial charge in [-0.15, -0.1) is 0 Å². The van der Waals surface area contributed by atoms with Crippen molar-refractivity contribution in [2.24, 2.45) is 5.92 Å². The average Bonchev–Trinajstić information content (AvgIpc) is 3.16. The summed E-state index contributed by atoms with van der Waals surface area (Å²) in [6, 6.07) is 14.8. The molecule has 2 aromatic carbocycles. The van der Waals surface area contributed by atoms with Gasteiger partial charge in [0.1, 0.15) is 6.61 Å². The normalized spacial score (nSPS) is 17.0. The number of benzene rings is 2. The van der Waals surface area contributed by atoms with Crippen molar-refractivity contribution in [2.45, 2.75) is 19.4 Å². The van der Waals surface area contributed by atoms with E-state index >= 15 is 0 Å². The summed E-state index contributed by atoms with van der Waals surface area (Å²) in [5.41, 5.74) is 1.71. The number of carbonyl (C=O) groups excluding carboxylic acids is 2. The van der Waals surface area contributed by atoms with Crippen molar-refractivity contribution in [1.29, 1.82) is 0 Å². The summed E-state index contributed by atoms with van der Waals surface area (Å²) in [6.07, 6.45) is 0.211. The van der Waals surface area contributed by atoms with Crippen LogP contribution in [0, 0.1) is 5.92 Å². The lowest BCUT2D eigenvalue weighted by Crippen LogP contribution is -2.34. The van der Waals surface area contributed by atoms with E-state index in [-0.39, 0.29) is 30.2 Å². The quantitative estimate of drug-likeness (QED) is 0.641. The second-order valence-corrected chi connectivity index (χ2v) is 7.22. The standard InChI is InChI=1S/C23H28N2O5/c1-16(17-9-10-20(21(13-17)29-3)30-12-11-28-2)24-23(27)18-14-22(26)25(15-18)19-7-5-4-6-8-19/h4-10,13,16,18H,11-12,14-15H2,1-3H3,(H,24,27)/t16-,18-/m1/s1. The summed E-state index contributed by atoms with van der Waals surface area (Å²) < 4.78 is 16.1. The first kappa shape index (κ1) is 21.6. The molecule has 2 amide bonds. The van der Waals surface area contributed by atoms with Gasteiger partial charge in [0, 0.05) is 25.8 Å². The number of ether oxygens (including phenoxy) is 3. The highest BCUT2D eigenvalue weighted by molar-refractivity contribution is 6.00. The van der Waals surface area contributed by atoms with Crippen LogP contribution in [0.5, 0.6) is 11.5 Å². The third-order valence-corrected chi connectivity index (χ3v) is 5.16. The van der Waals surface area contributed by atoms with Crippen LogP contribution in [0.1, 0.15) is 24.9 Å². The number of nitrogens with one attached hydrogen (secondary N) is 1. The van der Waals surface area contributed by atoms with Crippen LogP contribution in [-0.2, 0) is 14.3 Å². The fraction of sp³-hybridized carbons (Fsp3) is 0.391. The van der Waals surface area contributed by atoms with E-state index in [1.807, 2.05) is 55.5 Å². The van der Waals surface area contributed by atoms with E-state index in [9.17, 15) is 9.59 Å². The molecule has 2 aromatic rings. The molecule has 1 N–H and O–H groups in total. The summed E-state index contributed by atoms with van der Waals surface area (Å²) in [7, 11) is 3.19. The van der Waals surface area contributed by atoms with Crippen molar-refractivity contribution < 1.29 is 23.8 Å². The van der Waals surface area contributed by atoms with Gasteiger partial charge in [0.15, 0.2) is 11.5 Å². The lowest BCUT2D eigenvalue weighted by atomic mass is 10.0. The molecule has 1 fully saturated rings. The smallest absolute Gasteiger partial charge is 0.227 e. The minimum Gasteiger partial charge on any atom is -0.493 e. The van der Waals surface area contributed by atoms with Gasteiger partial charge in [-0.05, 0) is 36.8 Å². The molecule has 7 heteroatoms. The van der Waals surface area contributed by atoms with E-state index in [4.69, 9.17) is 14.2 Å². The second-order valence-electron chi connectivity index (χ2n) is 7.22. The fourth-order valence-electron chi connectivity index (χ4n) is 3.46. The monoisotopic (exact) mass is 412 g/mol. The van der Waals surface area contributed by atoms with E-state index in [0.29, 0.717) is 31.3 Å². The highest BCUT2D eigenvalue weighted by atomic mass is 16.5. The molecule has 2 atom stereocenters. The minimum atomic E-state index is -0.376. The Morgan fingerprint density at radius 1 is 1.13 bits per heavy atom. The number of methoxy groups -OCH3 is 2. The Kier molecular flexibility index (Phi) is 7.30. The lowest BCUT2D eigenvalue weighted by Gasteiger charge is -2.20. The van der Waals surface area contributed by atoms with Gasteiger partial charge in [0.25, 0.3) is 0 Å². The summed E-state index contributed by atoms with van der Waals surface area (Å²) in [6.45, 7) is 3.20. The molecule has 1 aliphatic heterocycles. The molecule has 3 rings (SSSR count). The first-order valence-corrected chi connectivity index (χ1v) is 9.99.